The third kappa shape index (κ3) is 8.14. The molecule has 35 heavy (non-hydrogen) atoms. The van der Waals surface area contributed by atoms with E-state index in [1.54, 1.807) is 6.07 Å². The van der Waals surface area contributed by atoms with Crippen LogP contribution in [0.25, 0.3) is 0 Å². The highest BCUT2D eigenvalue weighted by Gasteiger charge is 2.32. The summed E-state index contributed by atoms with van der Waals surface area (Å²) in [7, 11) is -2.49. The lowest BCUT2D eigenvalue weighted by Gasteiger charge is -2.33. The smallest absolute Gasteiger partial charge is 0.244 e. The van der Waals surface area contributed by atoms with Crippen molar-refractivity contribution in [1.29, 1.82) is 0 Å². The minimum Gasteiger partial charge on any atom is -0.495 e. The van der Waals surface area contributed by atoms with Crippen LogP contribution in [0.4, 0.5) is 5.69 Å². The maximum atomic E-state index is 13.7. The average molecular weight is 524 g/mol. The summed E-state index contributed by atoms with van der Waals surface area (Å²) in [4.78, 5) is 28.1. The van der Waals surface area contributed by atoms with E-state index in [0.717, 1.165) is 16.1 Å². The molecule has 0 aliphatic heterocycles. The second-order valence-electron chi connectivity index (χ2n) is 8.66. The summed E-state index contributed by atoms with van der Waals surface area (Å²) >= 11 is 6.12. The number of nitrogens with zero attached hydrogens (tertiary/aromatic N) is 2. The first-order valence-electron chi connectivity index (χ1n) is 11.4. The number of carbonyl (C=O) groups excluding carboxylic acids is 2. The number of hydrogen-bond donors (Lipinski definition) is 1. The summed E-state index contributed by atoms with van der Waals surface area (Å²) in [6.07, 6.45) is 1.37. The van der Waals surface area contributed by atoms with Gasteiger partial charge in [0.05, 0.1) is 19.1 Å². The van der Waals surface area contributed by atoms with Gasteiger partial charge in [-0.05, 0) is 36.1 Å². The summed E-state index contributed by atoms with van der Waals surface area (Å²) in [5.74, 6) is -0.306. The van der Waals surface area contributed by atoms with Gasteiger partial charge in [-0.25, -0.2) is 8.42 Å². The number of ether oxygens (including phenoxy) is 1. The number of methoxy groups -OCH3 is 1. The number of hydrogen-bond acceptors (Lipinski definition) is 5. The van der Waals surface area contributed by atoms with Crippen LogP contribution in [0.1, 0.15) is 32.8 Å². The highest BCUT2D eigenvalue weighted by Crippen LogP contribution is 2.33. The predicted molar refractivity (Wildman–Crippen MR) is 139 cm³/mol. The quantitative estimate of drug-likeness (QED) is 0.457. The number of sulfonamides is 1. The van der Waals surface area contributed by atoms with Gasteiger partial charge in [-0.1, -0.05) is 62.7 Å². The summed E-state index contributed by atoms with van der Waals surface area (Å²) in [5.41, 5.74) is 0.968. The molecule has 2 rings (SSSR count). The maximum absolute atomic E-state index is 13.7. The Morgan fingerprint density at radius 3 is 2.31 bits per heavy atom. The first-order chi connectivity index (χ1) is 16.5. The molecular weight excluding hydrogens is 490 g/mol. The molecule has 2 aromatic carbocycles. The molecule has 0 spiro atoms. The van der Waals surface area contributed by atoms with Crippen LogP contribution in [-0.2, 0) is 26.2 Å². The van der Waals surface area contributed by atoms with Crippen LogP contribution in [0.2, 0.25) is 5.02 Å². The zero-order valence-electron chi connectivity index (χ0n) is 20.8. The number of nitrogens with one attached hydrogen (secondary N) is 1. The molecule has 0 unspecified atom stereocenters. The van der Waals surface area contributed by atoms with Crippen molar-refractivity contribution in [3.8, 4) is 5.75 Å². The van der Waals surface area contributed by atoms with Gasteiger partial charge in [0.1, 0.15) is 18.3 Å². The molecule has 0 saturated heterocycles. The van der Waals surface area contributed by atoms with Gasteiger partial charge >= 0.3 is 0 Å². The van der Waals surface area contributed by atoms with Gasteiger partial charge in [-0.2, -0.15) is 0 Å². The van der Waals surface area contributed by atoms with Gasteiger partial charge in [0.25, 0.3) is 0 Å². The van der Waals surface area contributed by atoms with Crippen LogP contribution >= 0.6 is 11.6 Å². The fraction of sp³-hybridized carbons (Fsp3) is 0.440. The van der Waals surface area contributed by atoms with E-state index in [1.807, 2.05) is 51.1 Å². The van der Waals surface area contributed by atoms with Crippen molar-refractivity contribution < 1.29 is 22.7 Å². The van der Waals surface area contributed by atoms with Crippen molar-refractivity contribution in [3.63, 3.8) is 0 Å². The molecule has 0 heterocycles. The van der Waals surface area contributed by atoms with Crippen LogP contribution in [0.15, 0.2) is 48.5 Å². The Bertz CT molecular complexity index is 1110. The zero-order chi connectivity index (χ0) is 26.2. The fourth-order valence-electron chi connectivity index (χ4n) is 3.57. The van der Waals surface area contributed by atoms with Crippen LogP contribution in [0, 0.1) is 5.92 Å². The van der Waals surface area contributed by atoms with Gasteiger partial charge in [-0.15, -0.1) is 0 Å². The van der Waals surface area contributed by atoms with Crippen molar-refractivity contribution in [2.45, 2.75) is 39.8 Å². The number of anilines is 1. The maximum Gasteiger partial charge on any atom is 0.244 e. The molecule has 10 heteroatoms. The van der Waals surface area contributed by atoms with E-state index in [1.165, 1.54) is 24.1 Å². The average Bonchev–Trinajstić information content (AvgIpc) is 2.80. The van der Waals surface area contributed by atoms with Gasteiger partial charge in [0.2, 0.25) is 21.8 Å². The molecule has 0 radical (unpaired) electrons. The van der Waals surface area contributed by atoms with E-state index in [0.29, 0.717) is 18.0 Å². The lowest BCUT2D eigenvalue weighted by atomic mass is 10.1. The van der Waals surface area contributed by atoms with Crippen molar-refractivity contribution in [2.24, 2.45) is 5.92 Å². The molecule has 0 aliphatic rings. The van der Waals surface area contributed by atoms with E-state index >= 15 is 0 Å². The number of carbonyl (C=O) groups is 2. The van der Waals surface area contributed by atoms with E-state index < -0.39 is 28.5 Å². The second kappa shape index (κ2) is 12.8. The van der Waals surface area contributed by atoms with Crippen LogP contribution in [0.5, 0.6) is 5.75 Å². The number of amides is 2. The Hall–Kier alpha value is -2.78. The predicted octanol–water partition coefficient (Wildman–Crippen LogP) is 3.69. The van der Waals surface area contributed by atoms with Gasteiger partial charge < -0.3 is 15.0 Å². The Labute approximate surface area is 213 Å². The van der Waals surface area contributed by atoms with E-state index in [4.69, 9.17) is 16.3 Å². The standard InChI is InChI=1S/C25H34ClN3O5S/c1-6-21(25(31)27-15-18(2)3)28(16-19-10-8-7-9-11-19)24(30)17-29(35(5,32)33)22-14-20(26)12-13-23(22)34-4/h7-14,18,21H,6,15-17H2,1-5H3,(H,27,31)/t21-/m0/s1. The molecule has 1 N–H and O–H groups in total. The van der Waals surface area contributed by atoms with Crippen molar-refractivity contribution in [3.05, 3.63) is 59.1 Å². The minimum atomic E-state index is -3.90. The third-order valence-electron chi connectivity index (χ3n) is 5.35. The van der Waals surface area contributed by atoms with Gasteiger partial charge in [0.15, 0.2) is 0 Å². The Morgan fingerprint density at radius 1 is 1.11 bits per heavy atom. The fourth-order valence-corrected chi connectivity index (χ4v) is 4.59. The van der Waals surface area contributed by atoms with Crippen molar-refractivity contribution in [1.82, 2.24) is 10.2 Å². The molecule has 0 aromatic heterocycles. The lowest BCUT2D eigenvalue weighted by molar-refractivity contribution is -0.140. The monoisotopic (exact) mass is 523 g/mol. The normalized spacial score (nSPS) is 12.2. The number of rotatable bonds is 12. The Kier molecular flexibility index (Phi) is 10.4. The molecule has 2 aromatic rings. The lowest BCUT2D eigenvalue weighted by Crippen LogP contribution is -2.52. The molecule has 0 fully saturated rings. The highest BCUT2D eigenvalue weighted by atomic mass is 35.5. The molecule has 8 nitrogen and oxygen atoms in total. The van der Waals surface area contributed by atoms with Gasteiger partial charge in [-0.3, -0.25) is 13.9 Å². The molecular formula is C25H34ClN3O5S. The van der Waals surface area contributed by atoms with E-state index in [2.05, 4.69) is 5.32 Å². The third-order valence-corrected chi connectivity index (χ3v) is 6.72. The van der Waals surface area contributed by atoms with E-state index in [9.17, 15) is 18.0 Å². The molecule has 2 amide bonds. The second-order valence-corrected chi connectivity index (χ2v) is 11.0. The van der Waals surface area contributed by atoms with Gasteiger partial charge in [0, 0.05) is 18.1 Å². The summed E-state index contributed by atoms with van der Waals surface area (Å²) in [6.45, 7) is 5.89. The van der Waals surface area contributed by atoms with E-state index in [-0.39, 0.29) is 29.8 Å². The summed E-state index contributed by atoms with van der Waals surface area (Å²) < 4.78 is 31.8. The van der Waals surface area contributed by atoms with Crippen molar-refractivity contribution in [2.75, 3.05) is 30.8 Å². The zero-order valence-corrected chi connectivity index (χ0v) is 22.4. The highest BCUT2D eigenvalue weighted by molar-refractivity contribution is 7.92. The SMILES string of the molecule is CC[C@@H](C(=O)NCC(C)C)N(Cc1ccccc1)C(=O)CN(c1cc(Cl)ccc1OC)S(C)(=O)=O. The first-order valence-corrected chi connectivity index (χ1v) is 13.6. The number of halogens is 1. The topological polar surface area (TPSA) is 96.0 Å². The number of benzene rings is 2. The van der Waals surface area contributed by atoms with Crippen LogP contribution in [0.3, 0.4) is 0 Å². The Balaban J connectivity index is 2.46. The minimum absolute atomic E-state index is 0.146. The van der Waals surface area contributed by atoms with Crippen molar-refractivity contribution >= 4 is 39.1 Å². The Morgan fingerprint density at radius 2 is 1.77 bits per heavy atom. The van der Waals surface area contributed by atoms with Crippen LogP contribution in [-0.4, -0.2) is 57.6 Å². The molecule has 192 valence electrons. The van der Waals surface area contributed by atoms with Crippen LogP contribution < -0.4 is 14.4 Å². The molecule has 0 bridgehead atoms. The molecule has 0 aliphatic carbocycles. The summed E-state index contributed by atoms with van der Waals surface area (Å²) in [6, 6.07) is 13.0. The summed E-state index contributed by atoms with van der Waals surface area (Å²) in [5, 5.41) is 3.19. The first kappa shape index (κ1) is 28.5. The largest absolute Gasteiger partial charge is 0.495 e. The molecule has 0 saturated carbocycles. The molecule has 1 atom stereocenters.